The van der Waals surface area contributed by atoms with Gasteiger partial charge in [-0.2, -0.15) is 0 Å². The van der Waals surface area contributed by atoms with E-state index in [1.54, 1.807) is 109 Å². The lowest BCUT2D eigenvalue weighted by molar-refractivity contribution is 0.0649. The number of amides is 3. The van der Waals surface area contributed by atoms with Crippen LogP contribution < -0.4 is 5.32 Å². The van der Waals surface area contributed by atoms with E-state index in [0.717, 1.165) is 4.90 Å². The van der Waals surface area contributed by atoms with E-state index in [2.05, 4.69) is 5.32 Å². The molecule has 3 N–H and O–H groups in total. The largest absolute Gasteiger partial charge is 0.445 e. The molecular weight excluding hydrogens is 567 g/mol. The van der Waals surface area contributed by atoms with E-state index >= 15 is 0 Å². The van der Waals surface area contributed by atoms with Crippen LogP contribution in [0.3, 0.4) is 0 Å². The van der Waals surface area contributed by atoms with Crippen molar-refractivity contribution >= 4 is 25.5 Å². The van der Waals surface area contributed by atoms with Crippen molar-refractivity contribution in [3.8, 4) is 0 Å². The summed E-state index contributed by atoms with van der Waals surface area (Å²) < 4.78 is 19.1. The number of hydrogen-bond donors (Lipinski definition) is 3. The molecule has 0 saturated carbocycles. The average molecular weight is 599 g/mol. The fraction of sp³-hybridized carbons (Fsp3) is 0.182. The number of ether oxygens (including phenoxy) is 1. The van der Waals surface area contributed by atoms with Crippen LogP contribution in [0.25, 0.3) is 0 Å². The monoisotopic (exact) mass is 598 g/mol. The molecule has 1 heterocycles. The maximum Gasteiger partial charge on any atom is 0.408 e. The summed E-state index contributed by atoms with van der Waals surface area (Å²) in [5, 5.41) is 0.363. The van der Waals surface area contributed by atoms with Crippen LogP contribution in [0.1, 0.15) is 56.2 Å². The van der Waals surface area contributed by atoms with Crippen LogP contribution in [-0.4, -0.2) is 39.1 Å². The Labute approximate surface area is 249 Å². The normalized spacial score (nSPS) is 15.0. The van der Waals surface area contributed by atoms with Gasteiger partial charge in [-0.1, -0.05) is 103 Å². The summed E-state index contributed by atoms with van der Waals surface area (Å²) in [5.74, 6) is -1.80. The minimum atomic E-state index is -5.20. The molecule has 1 aliphatic rings. The second-order valence-corrected chi connectivity index (χ2v) is 12.1. The van der Waals surface area contributed by atoms with Gasteiger partial charge >= 0.3 is 13.7 Å². The molecule has 220 valence electrons. The molecule has 4 aromatic rings. The fourth-order valence-electron chi connectivity index (χ4n) is 5.61. The van der Waals surface area contributed by atoms with Gasteiger partial charge in [0.2, 0.25) is 0 Å². The first-order valence-electron chi connectivity index (χ1n) is 13.8. The summed E-state index contributed by atoms with van der Waals surface area (Å²) in [6.45, 7) is -0.0748. The van der Waals surface area contributed by atoms with E-state index in [-0.39, 0.29) is 31.6 Å². The number of fused-ring (bicyclic) bond motifs is 1. The number of alkyl carbamates (subject to hydrolysis) is 1. The molecule has 10 heteroatoms. The highest BCUT2D eigenvalue weighted by molar-refractivity contribution is 7.53. The zero-order valence-corrected chi connectivity index (χ0v) is 24.1. The van der Waals surface area contributed by atoms with Gasteiger partial charge in [0.1, 0.15) is 6.61 Å². The van der Waals surface area contributed by atoms with Gasteiger partial charge in [0.25, 0.3) is 11.8 Å². The van der Waals surface area contributed by atoms with E-state index < -0.39 is 36.7 Å². The summed E-state index contributed by atoms with van der Waals surface area (Å²) in [7, 11) is -5.20. The average Bonchev–Trinajstić information content (AvgIpc) is 3.27. The highest BCUT2D eigenvalue weighted by Gasteiger charge is 2.56. The van der Waals surface area contributed by atoms with E-state index in [1.165, 1.54) is 0 Å². The molecule has 9 nitrogen and oxygen atoms in total. The molecule has 0 bridgehead atoms. The summed E-state index contributed by atoms with van der Waals surface area (Å²) in [5.41, 5.74) is 2.10. The van der Waals surface area contributed by atoms with Gasteiger partial charge in [-0.15, -0.1) is 0 Å². The van der Waals surface area contributed by atoms with Gasteiger partial charge in [0, 0.05) is 12.5 Å². The summed E-state index contributed by atoms with van der Waals surface area (Å²) in [6, 6.07) is 32.4. The number of hydrogen-bond acceptors (Lipinski definition) is 5. The minimum Gasteiger partial charge on any atom is -0.445 e. The lowest BCUT2D eigenvalue weighted by Gasteiger charge is -2.42. The van der Waals surface area contributed by atoms with Crippen LogP contribution in [0.5, 0.6) is 0 Å². The van der Waals surface area contributed by atoms with Crippen molar-refractivity contribution in [2.75, 3.05) is 6.54 Å². The number of rotatable bonds is 11. The van der Waals surface area contributed by atoms with Gasteiger partial charge in [-0.25, -0.2) is 4.79 Å². The van der Waals surface area contributed by atoms with Crippen molar-refractivity contribution in [1.29, 1.82) is 0 Å². The van der Waals surface area contributed by atoms with Gasteiger partial charge in [-0.05, 0) is 41.7 Å². The number of nitrogens with one attached hydrogen (secondary N) is 1. The van der Waals surface area contributed by atoms with Crippen LogP contribution in [0, 0.1) is 0 Å². The predicted octanol–water partition coefficient (Wildman–Crippen LogP) is 5.80. The van der Waals surface area contributed by atoms with Crippen molar-refractivity contribution in [3.63, 3.8) is 0 Å². The van der Waals surface area contributed by atoms with Crippen molar-refractivity contribution in [1.82, 2.24) is 10.2 Å². The zero-order chi connectivity index (χ0) is 30.5. The van der Waals surface area contributed by atoms with Crippen LogP contribution >= 0.6 is 7.60 Å². The number of imide groups is 1. The molecular formula is C33H31N2O7P. The quantitative estimate of drug-likeness (QED) is 0.147. The van der Waals surface area contributed by atoms with E-state index in [9.17, 15) is 28.7 Å². The standard InChI is InChI=1S/C33H31N2O7P/c36-30-27-19-10-11-20-28(27)31(37)35(30)22-12-21-29(25-15-6-2-7-16-25)33(43(39,40)41,26-17-8-3-9-18-26)34-32(38)42-23-24-13-4-1-5-14-24/h1-11,13-20,29H,12,21-23H2,(H,34,38)(H2,39,40,41). The second kappa shape index (κ2) is 12.8. The van der Waals surface area contributed by atoms with Gasteiger partial charge in [-0.3, -0.25) is 19.1 Å². The molecule has 3 amide bonds. The van der Waals surface area contributed by atoms with Crippen molar-refractivity contribution in [3.05, 3.63) is 143 Å². The first kappa shape index (κ1) is 29.9. The van der Waals surface area contributed by atoms with Gasteiger partial charge in [0.15, 0.2) is 5.28 Å². The molecule has 2 atom stereocenters. The van der Waals surface area contributed by atoms with E-state index in [0.29, 0.717) is 22.3 Å². The van der Waals surface area contributed by atoms with E-state index in [1.807, 2.05) is 6.07 Å². The SMILES string of the molecule is O=C(NC(c1ccccc1)(C(CCCN1C(=O)c2ccccc2C1=O)c1ccccc1)P(=O)(O)O)OCc1ccccc1. The van der Waals surface area contributed by atoms with E-state index in [4.69, 9.17) is 4.74 Å². The van der Waals surface area contributed by atoms with Crippen LogP contribution in [-0.2, 0) is 21.2 Å². The Kier molecular flexibility index (Phi) is 8.87. The third kappa shape index (κ3) is 6.15. The van der Waals surface area contributed by atoms with Crippen LogP contribution in [0.15, 0.2) is 115 Å². The van der Waals surface area contributed by atoms with Gasteiger partial charge < -0.3 is 19.8 Å². The number of benzene rings is 4. The molecule has 0 radical (unpaired) electrons. The molecule has 1 aliphatic heterocycles. The Hall–Kier alpha value is -4.56. The Morgan fingerprint density at radius 2 is 1.30 bits per heavy atom. The minimum absolute atomic E-state index is 0.0279. The molecule has 5 rings (SSSR count). The Balaban J connectivity index is 1.49. The third-order valence-electron chi connectivity index (χ3n) is 7.64. The molecule has 0 aromatic heterocycles. The Bertz CT molecular complexity index is 1610. The smallest absolute Gasteiger partial charge is 0.408 e. The number of carbonyl (C=O) groups is 3. The molecule has 43 heavy (non-hydrogen) atoms. The summed E-state index contributed by atoms with van der Waals surface area (Å²) in [4.78, 5) is 62.6. The molecule has 0 saturated heterocycles. The summed E-state index contributed by atoms with van der Waals surface area (Å²) in [6.07, 6.45) is -0.686. The predicted molar refractivity (Wildman–Crippen MR) is 160 cm³/mol. The molecule has 2 unspecified atom stereocenters. The lowest BCUT2D eigenvalue weighted by atomic mass is 9.83. The fourth-order valence-corrected chi connectivity index (χ4v) is 7.02. The Morgan fingerprint density at radius 1 is 0.791 bits per heavy atom. The number of carbonyl (C=O) groups excluding carboxylic acids is 3. The molecule has 0 spiro atoms. The van der Waals surface area contributed by atoms with Crippen LogP contribution in [0.2, 0.25) is 0 Å². The molecule has 0 fully saturated rings. The second-order valence-electron chi connectivity index (χ2n) is 10.3. The maximum absolute atomic E-state index is 13.7. The maximum atomic E-state index is 13.7. The first-order valence-corrected chi connectivity index (χ1v) is 15.4. The summed E-state index contributed by atoms with van der Waals surface area (Å²) >= 11 is 0. The highest BCUT2D eigenvalue weighted by atomic mass is 31.2. The van der Waals surface area contributed by atoms with Gasteiger partial charge in [0.05, 0.1) is 11.1 Å². The lowest BCUT2D eigenvalue weighted by Crippen LogP contribution is -2.50. The van der Waals surface area contributed by atoms with Crippen molar-refractivity contribution in [2.24, 2.45) is 0 Å². The third-order valence-corrected chi connectivity index (χ3v) is 9.24. The van der Waals surface area contributed by atoms with Crippen molar-refractivity contribution < 1.29 is 33.5 Å². The molecule has 0 aliphatic carbocycles. The zero-order valence-electron chi connectivity index (χ0n) is 23.2. The Morgan fingerprint density at radius 3 is 1.86 bits per heavy atom. The van der Waals surface area contributed by atoms with Crippen molar-refractivity contribution in [2.45, 2.75) is 30.6 Å². The molecule has 4 aromatic carbocycles. The van der Waals surface area contributed by atoms with Crippen LogP contribution in [0.4, 0.5) is 4.79 Å². The topological polar surface area (TPSA) is 133 Å². The highest BCUT2D eigenvalue weighted by Crippen LogP contribution is 2.63. The number of nitrogens with zero attached hydrogens (tertiary/aromatic N) is 1. The first-order chi connectivity index (χ1) is 20.7.